The van der Waals surface area contributed by atoms with Crippen molar-refractivity contribution in [2.24, 2.45) is 0 Å². The van der Waals surface area contributed by atoms with Gasteiger partial charge in [-0.25, -0.2) is 4.79 Å². The van der Waals surface area contributed by atoms with E-state index in [0.29, 0.717) is 6.29 Å². The number of fused-ring (bicyclic) bond motifs is 1. The summed E-state index contributed by atoms with van der Waals surface area (Å²) in [7, 11) is 0. The van der Waals surface area contributed by atoms with Crippen LogP contribution in [0.3, 0.4) is 0 Å². The van der Waals surface area contributed by atoms with Gasteiger partial charge in [0.2, 0.25) is 11.8 Å². The minimum absolute atomic E-state index is 0.0335. The second kappa shape index (κ2) is 6.48. The third kappa shape index (κ3) is 2.80. The van der Waals surface area contributed by atoms with Gasteiger partial charge >= 0.3 is 5.97 Å². The maximum Gasteiger partial charge on any atom is 0.331 e. The van der Waals surface area contributed by atoms with Crippen LogP contribution in [0.15, 0.2) is 41.3 Å². The van der Waals surface area contributed by atoms with Crippen LogP contribution in [0.25, 0.3) is 0 Å². The zero-order valence-electron chi connectivity index (χ0n) is 12.4. The number of carboxylic acid groups (broad SMARTS) is 1. The topological polar surface area (TPSA) is 104 Å². The Morgan fingerprint density at radius 2 is 2.00 bits per heavy atom. The summed E-state index contributed by atoms with van der Waals surface area (Å²) in [4.78, 5) is 47.8. The number of carbonyl (C=O) groups is 4. The summed E-state index contributed by atoms with van der Waals surface area (Å²) in [6.07, 6.45) is 0.580. The number of hydrogen-bond donors (Lipinski definition) is 2. The Hall–Kier alpha value is -2.61. The summed E-state index contributed by atoms with van der Waals surface area (Å²) in [5, 5.41) is 12.8. The van der Waals surface area contributed by atoms with Crippen molar-refractivity contribution in [1.82, 2.24) is 10.2 Å². The molecular formula is C16H14N2O5S. The number of aldehydes is 1. The normalized spacial score (nSPS) is 25.2. The Balaban J connectivity index is 1.69. The van der Waals surface area contributed by atoms with E-state index in [2.05, 4.69) is 5.32 Å². The fourth-order valence-electron chi connectivity index (χ4n) is 2.77. The molecule has 0 aromatic heterocycles. The molecule has 3 rings (SSSR count). The van der Waals surface area contributed by atoms with E-state index in [4.69, 9.17) is 0 Å². The molecule has 124 valence electrons. The number of benzene rings is 1. The molecule has 1 fully saturated rings. The molecule has 0 spiro atoms. The summed E-state index contributed by atoms with van der Waals surface area (Å²) < 4.78 is 0. The van der Waals surface area contributed by atoms with Gasteiger partial charge < -0.3 is 15.3 Å². The van der Waals surface area contributed by atoms with Gasteiger partial charge in [0.15, 0.2) is 6.04 Å². The molecule has 0 aliphatic carbocycles. The number of nitrogens with one attached hydrogen (secondary N) is 1. The maximum absolute atomic E-state index is 12.3. The van der Waals surface area contributed by atoms with Crippen LogP contribution in [0.1, 0.15) is 5.56 Å². The molecule has 1 aromatic rings. The van der Waals surface area contributed by atoms with Crippen molar-refractivity contribution in [1.29, 1.82) is 0 Å². The van der Waals surface area contributed by atoms with Crippen molar-refractivity contribution in [2.45, 2.75) is 23.9 Å². The first-order valence-electron chi connectivity index (χ1n) is 7.22. The summed E-state index contributed by atoms with van der Waals surface area (Å²) in [5.41, 5.74) is 0.854. The van der Waals surface area contributed by atoms with Crippen LogP contribution in [-0.4, -0.2) is 51.5 Å². The maximum atomic E-state index is 12.3. The molecule has 24 heavy (non-hydrogen) atoms. The highest BCUT2D eigenvalue weighted by Gasteiger charge is 2.55. The Bertz CT molecular complexity index is 733. The van der Waals surface area contributed by atoms with E-state index in [9.17, 15) is 24.3 Å². The van der Waals surface area contributed by atoms with Gasteiger partial charge in [-0.3, -0.25) is 14.4 Å². The highest BCUT2D eigenvalue weighted by Crippen LogP contribution is 2.39. The van der Waals surface area contributed by atoms with E-state index in [0.717, 1.165) is 22.2 Å². The number of hydrogen-bond acceptors (Lipinski definition) is 5. The molecule has 3 atom stereocenters. The largest absolute Gasteiger partial charge is 0.479 e. The van der Waals surface area contributed by atoms with Gasteiger partial charge in [0, 0.05) is 5.57 Å². The van der Waals surface area contributed by atoms with Crippen LogP contribution in [0.5, 0.6) is 0 Å². The van der Waals surface area contributed by atoms with Crippen LogP contribution in [0, 0.1) is 0 Å². The number of β-lactam (4-membered cyclic amide) rings is 1. The van der Waals surface area contributed by atoms with E-state index in [1.54, 1.807) is 0 Å². The van der Waals surface area contributed by atoms with Gasteiger partial charge in [-0.2, -0.15) is 0 Å². The third-order valence-corrected chi connectivity index (χ3v) is 5.10. The third-order valence-electron chi connectivity index (χ3n) is 3.91. The number of nitrogens with zero attached hydrogens (tertiary/aromatic N) is 1. The van der Waals surface area contributed by atoms with Crippen molar-refractivity contribution < 1.29 is 24.3 Å². The van der Waals surface area contributed by atoms with Crippen molar-refractivity contribution in [3.63, 3.8) is 0 Å². The predicted molar refractivity (Wildman–Crippen MR) is 85.9 cm³/mol. The SMILES string of the molecule is O=CC1=CS[C@H]2[C@H](NC(=O)Cc3ccccc3)C(=O)N2C1C(=O)O. The zero-order chi connectivity index (χ0) is 17.3. The van der Waals surface area contributed by atoms with Crippen molar-refractivity contribution in [3.8, 4) is 0 Å². The monoisotopic (exact) mass is 346 g/mol. The van der Waals surface area contributed by atoms with Crippen LogP contribution in [0.4, 0.5) is 0 Å². The molecule has 0 bridgehead atoms. The van der Waals surface area contributed by atoms with E-state index in [1.165, 1.54) is 5.41 Å². The van der Waals surface area contributed by atoms with E-state index >= 15 is 0 Å². The van der Waals surface area contributed by atoms with E-state index < -0.39 is 29.3 Å². The first kappa shape index (κ1) is 16.3. The zero-order valence-corrected chi connectivity index (χ0v) is 13.2. The van der Waals surface area contributed by atoms with Crippen molar-refractivity contribution in [2.75, 3.05) is 0 Å². The molecule has 1 aromatic carbocycles. The van der Waals surface area contributed by atoms with Crippen molar-refractivity contribution >= 4 is 35.8 Å². The Kier molecular flexibility index (Phi) is 4.39. The number of aliphatic carboxylic acids is 1. The highest BCUT2D eigenvalue weighted by atomic mass is 32.2. The smallest absolute Gasteiger partial charge is 0.331 e. The number of amides is 2. The molecule has 0 radical (unpaired) electrons. The van der Waals surface area contributed by atoms with Gasteiger partial charge in [0.1, 0.15) is 17.7 Å². The second-order valence-electron chi connectivity index (χ2n) is 5.46. The molecule has 2 heterocycles. The number of rotatable bonds is 5. The number of carboxylic acids is 1. The molecular weight excluding hydrogens is 332 g/mol. The lowest BCUT2D eigenvalue weighted by atomic mass is 9.98. The van der Waals surface area contributed by atoms with Gasteiger partial charge in [0.05, 0.1) is 6.42 Å². The molecule has 2 amide bonds. The molecule has 2 N–H and O–H groups in total. The second-order valence-corrected chi connectivity index (χ2v) is 6.45. The van der Waals surface area contributed by atoms with Gasteiger partial charge in [-0.05, 0) is 11.0 Å². The molecule has 8 heteroatoms. The van der Waals surface area contributed by atoms with Crippen LogP contribution >= 0.6 is 11.8 Å². The quantitative estimate of drug-likeness (QED) is 0.582. The molecule has 7 nitrogen and oxygen atoms in total. The standard InChI is InChI=1S/C16H14N2O5S/c19-7-10-8-24-15-12(14(21)18(15)13(10)16(22)23)17-11(20)6-9-4-2-1-3-5-9/h1-5,7-8,12-13,15H,6H2,(H,17,20)(H,22,23)/t12-,13?,15+/m1/s1. The molecule has 1 saturated heterocycles. The fourth-order valence-corrected chi connectivity index (χ4v) is 3.95. The lowest BCUT2D eigenvalue weighted by molar-refractivity contribution is -0.160. The summed E-state index contributed by atoms with van der Waals surface area (Å²) >= 11 is 1.16. The van der Waals surface area contributed by atoms with Crippen LogP contribution < -0.4 is 5.32 Å². The summed E-state index contributed by atoms with van der Waals surface area (Å²) in [6, 6.07) is 7.03. The summed E-state index contributed by atoms with van der Waals surface area (Å²) in [6.45, 7) is 0. The Labute approximate surface area is 141 Å². The van der Waals surface area contributed by atoms with Crippen LogP contribution in [-0.2, 0) is 25.6 Å². The lowest BCUT2D eigenvalue weighted by Crippen LogP contribution is -2.74. The Morgan fingerprint density at radius 3 is 2.62 bits per heavy atom. The van der Waals surface area contributed by atoms with Crippen molar-refractivity contribution in [3.05, 3.63) is 46.9 Å². The van der Waals surface area contributed by atoms with E-state index in [-0.39, 0.29) is 17.9 Å². The number of carbonyl (C=O) groups excluding carboxylic acids is 3. The van der Waals surface area contributed by atoms with Crippen LogP contribution in [0.2, 0.25) is 0 Å². The number of thioether (sulfide) groups is 1. The minimum Gasteiger partial charge on any atom is -0.479 e. The van der Waals surface area contributed by atoms with Gasteiger partial charge in [-0.1, -0.05) is 30.3 Å². The molecule has 1 unspecified atom stereocenters. The fraction of sp³-hybridized carbons (Fsp3) is 0.250. The average Bonchev–Trinajstić information content (AvgIpc) is 2.58. The molecule has 2 aliphatic rings. The first-order chi connectivity index (χ1) is 11.5. The van der Waals surface area contributed by atoms with E-state index in [1.807, 2.05) is 30.3 Å². The predicted octanol–water partition coefficient (Wildman–Crippen LogP) is 0.165. The molecule has 2 aliphatic heterocycles. The van der Waals surface area contributed by atoms with Gasteiger partial charge in [-0.15, -0.1) is 11.8 Å². The Morgan fingerprint density at radius 1 is 1.29 bits per heavy atom. The summed E-state index contributed by atoms with van der Waals surface area (Å²) in [5.74, 6) is -2.06. The molecule has 0 saturated carbocycles. The van der Waals surface area contributed by atoms with Gasteiger partial charge in [0.25, 0.3) is 0 Å². The minimum atomic E-state index is -1.29. The lowest BCUT2D eigenvalue weighted by Gasteiger charge is -2.50. The average molecular weight is 346 g/mol. The highest BCUT2D eigenvalue weighted by molar-refractivity contribution is 8.03. The first-order valence-corrected chi connectivity index (χ1v) is 8.16.